The molecule has 0 aliphatic rings. The summed E-state index contributed by atoms with van der Waals surface area (Å²) in [5.41, 5.74) is 0. The van der Waals surface area contributed by atoms with Crippen LogP contribution in [0.25, 0.3) is 0 Å². The third kappa shape index (κ3) is 5.87. The van der Waals surface area contributed by atoms with Crippen LogP contribution in [0.15, 0.2) is 17.5 Å². The largest absolute Gasteiger partial charge is 0.355 e. The van der Waals surface area contributed by atoms with E-state index in [0.29, 0.717) is 19.5 Å². The number of thiophene rings is 1. The molecule has 0 spiro atoms. The number of likely N-dealkylation sites (N-methyl/N-ethyl adjacent to an activating group) is 2. The van der Waals surface area contributed by atoms with Gasteiger partial charge >= 0.3 is 0 Å². The Morgan fingerprint density at radius 2 is 2.16 bits per heavy atom. The first-order valence-corrected chi connectivity index (χ1v) is 7.62. The van der Waals surface area contributed by atoms with Gasteiger partial charge in [-0.3, -0.25) is 9.59 Å². The second kappa shape index (κ2) is 8.69. The summed E-state index contributed by atoms with van der Waals surface area (Å²) in [5, 5.41) is 4.76. The van der Waals surface area contributed by atoms with Crippen LogP contribution in [0.5, 0.6) is 0 Å². The van der Waals surface area contributed by atoms with Crippen molar-refractivity contribution < 1.29 is 9.59 Å². The molecule has 1 heterocycles. The van der Waals surface area contributed by atoms with Crippen molar-refractivity contribution in [2.45, 2.75) is 33.1 Å². The number of hydrogen-bond donors (Lipinski definition) is 1. The molecule has 2 amide bonds. The highest BCUT2D eigenvalue weighted by Crippen LogP contribution is 2.12. The molecule has 0 unspecified atom stereocenters. The molecular weight excluding hydrogens is 260 g/mol. The van der Waals surface area contributed by atoms with E-state index >= 15 is 0 Å². The molecule has 0 aliphatic heterocycles. The minimum absolute atomic E-state index is 0.0605. The number of nitrogens with one attached hydrogen (secondary N) is 1. The smallest absolute Gasteiger partial charge is 0.239 e. The van der Waals surface area contributed by atoms with Gasteiger partial charge in [0.25, 0.3) is 0 Å². The zero-order valence-corrected chi connectivity index (χ0v) is 12.5. The van der Waals surface area contributed by atoms with E-state index in [1.165, 1.54) is 4.88 Å². The van der Waals surface area contributed by atoms with Crippen molar-refractivity contribution in [2.24, 2.45) is 0 Å². The topological polar surface area (TPSA) is 49.4 Å². The quantitative estimate of drug-likeness (QED) is 0.793. The molecule has 5 heteroatoms. The van der Waals surface area contributed by atoms with Gasteiger partial charge in [0.05, 0.1) is 6.54 Å². The Balaban J connectivity index is 2.30. The van der Waals surface area contributed by atoms with Crippen LogP contribution in [0.4, 0.5) is 0 Å². The van der Waals surface area contributed by atoms with Gasteiger partial charge in [0.2, 0.25) is 11.8 Å². The van der Waals surface area contributed by atoms with Crippen molar-refractivity contribution in [1.29, 1.82) is 0 Å². The SMILES string of the molecule is CCNC(=O)CN(CC)C(=O)CCCc1cccs1. The molecule has 0 saturated carbocycles. The molecule has 106 valence electrons. The Morgan fingerprint density at radius 1 is 1.37 bits per heavy atom. The zero-order chi connectivity index (χ0) is 14.1. The summed E-state index contributed by atoms with van der Waals surface area (Å²) >= 11 is 1.72. The second-order valence-electron chi connectivity index (χ2n) is 4.29. The van der Waals surface area contributed by atoms with Gasteiger partial charge in [-0.15, -0.1) is 11.3 Å². The van der Waals surface area contributed by atoms with Gasteiger partial charge in [-0.1, -0.05) is 6.07 Å². The molecule has 0 aliphatic carbocycles. The van der Waals surface area contributed by atoms with E-state index in [2.05, 4.69) is 11.4 Å². The molecule has 1 aromatic rings. The number of rotatable bonds is 8. The van der Waals surface area contributed by atoms with Crippen molar-refractivity contribution in [2.75, 3.05) is 19.6 Å². The van der Waals surface area contributed by atoms with Crippen molar-refractivity contribution in [3.63, 3.8) is 0 Å². The van der Waals surface area contributed by atoms with Crippen molar-refractivity contribution >= 4 is 23.2 Å². The predicted octanol–water partition coefficient (Wildman–Crippen LogP) is 2.06. The predicted molar refractivity (Wildman–Crippen MR) is 78.2 cm³/mol. The summed E-state index contributed by atoms with van der Waals surface area (Å²) in [6, 6.07) is 4.11. The van der Waals surface area contributed by atoms with E-state index in [9.17, 15) is 9.59 Å². The summed E-state index contributed by atoms with van der Waals surface area (Å²) in [4.78, 5) is 26.4. The first-order valence-electron chi connectivity index (χ1n) is 6.74. The number of hydrogen-bond acceptors (Lipinski definition) is 3. The highest BCUT2D eigenvalue weighted by molar-refractivity contribution is 7.09. The fraction of sp³-hybridized carbons (Fsp3) is 0.571. The first-order chi connectivity index (χ1) is 9.17. The highest BCUT2D eigenvalue weighted by atomic mass is 32.1. The normalized spacial score (nSPS) is 10.2. The van der Waals surface area contributed by atoms with Gasteiger partial charge in [0.15, 0.2) is 0 Å². The molecule has 19 heavy (non-hydrogen) atoms. The van der Waals surface area contributed by atoms with Gasteiger partial charge in [0, 0.05) is 24.4 Å². The summed E-state index contributed by atoms with van der Waals surface area (Å²) in [6.07, 6.45) is 2.28. The summed E-state index contributed by atoms with van der Waals surface area (Å²) < 4.78 is 0. The molecule has 4 nitrogen and oxygen atoms in total. The molecule has 0 radical (unpaired) electrons. The molecule has 0 saturated heterocycles. The van der Waals surface area contributed by atoms with Gasteiger partial charge in [-0.05, 0) is 38.1 Å². The fourth-order valence-electron chi connectivity index (χ4n) is 1.83. The van der Waals surface area contributed by atoms with E-state index in [1.54, 1.807) is 16.2 Å². The van der Waals surface area contributed by atoms with Crippen LogP contribution in [-0.2, 0) is 16.0 Å². The lowest BCUT2D eigenvalue weighted by Gasteiger charge is -2.20. The molecule has 1 N–H and O–H groups in total. The number of carbonyl (C=O) groups is 2. The van der Waals surface area contributed by atoms with Crippen LogP contribution in [0.3, 0.4) is 0 Å². The monoisotopic (exact) mass is 282 g/mol. The van der Waals surface area contributed by atoms with Gasteiger partial charge in [-0.2, -0.15) is 0 Å². The molecule has 0 aromatic carbocycles. The number of carbonyl (C=O) groups excluding carboxylic acids is 2. The molecule has 0 atom stereocenters. The van der Waals surface area contributed by atoms with E-state index in [4.69, 9.17) is 0 Å². The van der Waals surface area contributed by atoms with Crippen LogP contribution >= 0.6 is 11.3 Å². The third-order valence-corrected chi connectivity index (χ3v) is 3.77. The Labute approximate surface area is 118 Å². The van der Waals surface area contributed by atoms with E-state index in [0.717, 1.165) is 12.8 Å². The Hall–Kier alpha value is -1.36. The number of aryl methyl sites for hydroxylation is 1. The average Bonchev–Trinajstić information content (AvgIpc) is 2.89. The molecular formula is C14H22N2O2S. The Morgan fingerprint density at radius 3 is 2.74 bits per heavy atom. The van der Waals surface area contributed by atoms with Crippen molar-refractivity contribution in [3.05, 3.63) is 22.4 Å². The molecule has 0 fully saturated rings. The standard InChI is InChI=1S/C14H22N2O2S/c1-3-15-13(17)11-16(4-2)14(18)9-5-7-12-8-6-10-19-12/h6,8,10H,3-5,7,9,11H2,1-2H3,(H,15,17). The maximum Gasteiger partial charge on any atom is 0.239 e. The van der Waals surface area contributed by atoms with E-state index in [1.807, 2.05) is 25.3 Å². The Kier molecular flexibility index (Phi) is 7.18. The second-order valence-corrected chi connectivity index (χ2v) is 5.33. The fourth-order valence-corrected chi connectivity index (χ4v) is 2.58. The van der Waals surface area contributed by atoms with Crippen molar-refractivity contribution in [3.8, 4) is 0 Å². The maximum absolute atomic E-state index is 12.0. The molecule has 0 bridgehead atoms. The maximum atomic E-state index is 12.0. The van der Waals surface area contributed by atoms with Crippen LogP contribution in [0, 0.1) is 0 Å². The number of amides is 2. The van der Waals surface area contributed by atoms with Crippen molar-refractivity contribution in [1.82, 2.24) is 10.2 Å². The van der Waals surface area contributed by atoms with E-state index < -0.39 is 0 Å². The average molecular weight is 282 g/mol. The first kappa shape index (κ1) is 15.7. The van der Waals surface area contributed by atoms with Gasteiger partial charge in [0.1, 0.15) is 0 Å². The van der Waals surface area contributed by atoms with Crippen LogP contribution in [0.2, 0.25) is 0 Å². The van der Waals surface area contributed by atoms with Crippen LogP contribution < -0.4 is 5.32 Å². The lowest BCUT2D eigenvalue weighted by Crippen LogP contribution is -2.40. The molecule has 1 aromatic heterocycles. The van der Waals surface area contributed by atoms with Gasteiger partial charge in [-0.25, -0.2) is 0 Å². The summed E-state index contributed by atoms with van der Waals surface area (Å²) in [7, 11) is 0. The van der Waals surface area contributed by atoms with Crippen LogP contribution in [0.1, 0.15) is 31.6 Å². The third-order valence-electron chi connectivity index (χ3n) is 2.84. The molecule has 1 rings (SSSR count). The Bertz CT molecular complexity index is 390. The lowest BCUT2D eigenvalue weighted by molar-refractivity contribution is -0.135. The lowest BCUT2D eigenvalue weighted by atomic mass is 10.2. The van der Waals surface area contributed by atoms with E-state index in [-0.39, 0.29) is 18.4 Å². The van der Waals surface area contributed by atoms with Crippen LogP contribution in [-0.4, -0.2) is 36.3 Å². The minimum Gasteiger partial charge on any atom is -0.355 e. The zero-order valence-electron chi connectivity index (χ0n) is 11.6. The summed E-state index contributed by atoms with van der Waals surface area (Å²) in [5.74, 6) is -0.0266. The van der Waals surface area contributed by atoms with Gasteiger partial charge < -0.3 is 10.2 Å². The summed E-state index contributed by atoms with van der Waals surface area (Å²) in [6.45, 7) is 5.12. The minimum atomic E-state index is -0.0871. The highest BCUT2D eigenvalue weighted by Gasteiger charge is 2.14. The number of nitrogens with zero attached hydrogens (tertiary/aromatic N) is 1.